The molecule has 1 aromatic heterocycles. The average molecular weight is 256 g/mol. The van der Waals surface area contributed by atoms with Gasteiger partial charge < -0.3 is 15.2 Å². The van der Waals surface area contributed by atoms with Gasteiger partial charge in [-0.1, -0.05) is 12.2 Å². The maximum absolute atomic E-state index is 5.64. The molecule has 98 valence electrons. The van der Waals surface area contributed by atoms with Crippen molar-refractivity contribution >= 4 is 18.0 Å². The van der Waals surface area contributed by atoms with Crippen LogP contribution in [0, 0.1) is 0 Å². The van der Waals surface area contributed by atoms with Crippen molar-refractivity contribution in [3.63, 3.8) is 0 Å². The third-order valence-electron chi connectivity index (χ3n) is 2.70. The molecule has 0 aliphatic rings. The van der Waals surface area contributed by atoms with Gasteiger partial charge in [0.05, 0.1) is 14.2 Å². The molecule has 2 N–H and O–H groups in total. The van der Waals surface area contributed by atoms with Crippen LogP contribution in [0.15, 0.2) is 36.5 Å². The minimum absolute atomic E-state index is 0.500. The van der Waals surface area contributed by atoms with Crippen molar-refractivity contribution in [1.82, 2.24) is 4.98 Å². The van der Waals surface area contributed by atoms with E-state index in [4.69, 9.17) is 15.2 Å². The number of anilines is 1. The lowest BCUT2D eigenvalue weighted by atomic mass is 10.1. The maximum Gasteiger partial charge on any atom is 0.126 e. The number of rotatable bonds is 4. The zero-order valence-corrected chi connectivity index (χ0v) is 11.0. The van der Waals surface area contributed by atoms with Crippen molar-refractivity contribution in [2.45, 2.75) is 0 Å². The van der Waals surface area contributed by atoms with Crippen LogP contribution in [0.3, 0.4) is 0 Å². The Balaban J connectivity index is 2.31. The summed E-state index contributed by atoms with van der Waals surface area (Å²) in [6.45, 7) is 0. The summed E-state index contributed by atoms with van der Waals surface area (Å²) in [6.07, 6.45) is 5.59. The average Bonchev–Trinajstić information content (AvgIpc) is 2.45. The van der Waals surface area contributed by atoms with E-state index in [1.165, 1.54) is 0 Å². The van der Waals surface area contributed by atoms with E-state index in [-0.39, 0.29) is 0 Å². The third kappa shape index (κ3) is 3.25. The summed E-state index contributed by atoms with van der Waals surface area (Å²) in [4.78, 5) is 3.96. The van der Waals surface area contributed by atoms with Crippen LogP contribution in [-0.4, -0.2) is 19.2 Å². The zero-order chi connectivity index (χ0) is 13.7. The Morgan fingerprint density at radius 1 is 1.05 bits per heavy atom. The SMILES string of the molecule is COc1ccc(OC)c(/C=C/c2ccnc(N)c2)c1. The number of hydrogen-bond donors (Lipinski definition) is 1. The standard InChI is InChI=1S/C15H16N2O2/c1-18-13-5-6-14(19-2)12(10-13)4-3-11-7-8-17-15(16)9-11/h3-10H,1-2H3,(H2,16,17)/b4-3+. The Labute approximate surface area is 112 Å². The fourth-order valence-electron chi connectivity index (χ4n) is 1.72. The van der Waals surface area contributed by atoms with Crippen LogP contribution >= 0.6 is 0 Å². The van der Waals surface area contributed by atoms with E-state index in [0.29, 0.717) is 5.82 Å². The monoisotopic (exact) mass is 256 g/mol. The van der Waals surface area contributed by atoms with Crippen LogP contribution in [-0.2, 0) is 0 Å². The number of hydrogen-bond acceptors (Lipinski definition) is 4. The van der Waals surface area contributed by atoms with Gasteiger partial charge in [-0.05, 0) is 35.9 Å². The molecule has 0 saturated heterocycles. The van der Waals surface area contributed by atoms with E-state index in [0.717, 1.165) is 22.6 Å². The Morgan fingerprint density at radius 2 is 1.89 bits per heavy atom. The molecular formula is C15H16N2O2. The number of nitrogens with zero attached hydrogens (tertiary/aromatic N) is 1. The molecule has 1 heterocycles. The van der Waals surface area contributed by atoms with Crippen LogP contribution < -0.4 is 15.2 Å². The van der Waals surface area contributed by atoms with E-state index in [1.54, 1.807) is 20.4 Å². The first kappa shape index (κ1) is 13.0. The van der Waals surface area contributed by atoms with Gasteiger partial charge in [0.15, 0.2) is 0 Å². The molecular weight excluding hydrogens is 240 g/mol. The molecule has 4 heteroatoms. The summed E-state index contributed by atoms with van der Waals surface area (Å²) in [5, 5.41) is 0. The van der Waals surface area contributed by atoms with E-state index in [1.807, 2.05) is 42.5 Å². The first-order chi connectivity index (χ1) is 9.22. The normalized spacial score (nSPS) is 10.6. The molecule has 0 bridgehead atoms. The highest BCUT2D eigenvalue weighted by Crippen LogP contribution is 2.25. The predicted molar refractivity (Wildman–Crippen MR) is 77.1 cm³/mol. The zero-order valence-electron chi connectivity index (χ0n) is 11.0. The van der Waals surface area contributed by atoms with Crippen LogP contribution in [0.2, 0.25) is 0 Å². The van der Waals surface area contributed by atoms with E-state index < -0.39 is 0 Å². The van der Waals surface area contributed by atoms with Crippen molar-refractivity contribution in [3.8, 4) is 11.5 Å². The predicted octanol–water partition coefficient (Wildman–Crippen LogP) is 2.85. The van der Waals surface area contributed by atoms with Gasteiger partial charge in [-0.25, -0.2) is 4.98 Å². The molecule has 0 saturated carbocycles. The summed E-state index contributed by atoms with van der Waals surface area (Å²) < 4.78 is 10.5. The molecule has 0 aliphatic heterocycles. The number of methoxy groups -OCH3 is 2. The Kier molecular flexibility index (Phi) is 4.03. The molecule has 1 aromatic carbocycles. The lowest BCUT2D eigenvalue weighted by molar-refractivity contribution is 0.402. The van der Waals surface area contributed by atoms with Crippen molar-refractivity contribution in [2.24, 2.45) is 0 Å². The number of benzene rings is 1. The third-order valence-corrected chi connectivity index (χ3v) is 2.70. The smallest absolute Gasteiger partial charge is 0.126 e. The second kappa shape index (κ2) is 5.91. The van der Waals surface area contributed by atoms with Crippen molar-refractivity contribution < 1.29 is 9.47 Å². The summed E-state index contributed by atoms with van der Waals surface area (Å²) in [5.74, 6) is 2.08. The molecule has 19 heavy (non-hydrogen) atoms. The van der Waals surface area contributed by atoms with E-state index in [9.17, 15) is 0 Å². The molecule has 2 rings (SSSR count). The highest BCUT2D eigenvalue weighted by molar-refractivity contribution is 5.73. The van der Waals surface area contributed by atoms with Crippen LogP contribution in [0.5, 0.6) is 11.5 Å². The molecule has 0 unspecified atom stereocenters. The van der Waals surface area contributed by atoms with Crippen molar-refractivity contribution in [1.29, 1.82) is 0 Å². The van der Waals surface area contributed by atoms with E-state index in [2.05, 4.69) is 4.98 Å². The molecule has 0 atom stereocenters. The molecule has 0 fully saturated rings. The number of nitrogen functional groups attached to an aromatic ring is 1. The molecule has 4 nitrogen and oxygen atoms in total. The fraction of sp³-hybridized carbons (Fsp3) is 0.133. The summed E-state index contributed by atoms with van der Waals surface area (Å²) in [6, 6.07) is 9.35. The lowest BCUT2D eigenvalue weighted by Crippen LogP contribution is -1.90. The van der Waals surface area contributed by atoms with Gasteiger partial charge in [0.2, 0.25) is 0 Å². The first-order valence-corrected chi connectivity index (χ1v) is 5.84. The summed E-state index contributed by atoms with van der Waals surface area (Å²) in [7, 11) is 3.28. The highest BCUT2D eigenvalue weighted by atomic mass is 16.5. The highest BCUT2D eigenvalue weighted by Gasteiger charge is 2.01. The van der Waals surface area contributed by atoms with Gasteiger partial charge in [-0.2, -0.15) is 0 Å². The van der Waals surface area contributed by atoms with Crippen LogP contribution in [0.1, 0.15) is 11.1 Å². The van der Waals surface area contributed by atoms with Gasteiger partial charge in [0.1, 0.15) is 17.3 Å². The molecule has 0 aliphatic carbocycles. The Bertz CT molecular complexity index is 594. The molecule has 0 amide bonds. The number of nitrogens with two attached hydrogens (primary N) is 1. The van der Waals surface area contributed by atoms with E-state index >= 15 is 0 Å². The summed E-state index contributed by atoms with van der Waals surface area (Å²) >= 11 is 0. The quantitative estimate of drug-likeness (QED) is 0.913. The molecule has 0 spiro atoms. The first-order valence-electron chi connectivity index (χ1n) is 5.84. The number of pyridine rings is 1. The minimum Gasteiger partial charge on any atom is -0.497 e. The van der Waals surface area contributed by atoms with Gasteiger partial charge in [-0.15, -0.1) is 0 Å². The van der Waals surface area contributed by atoms with Crippen molar-refractivity contribution in [2.75, 3.05) is 20.0 Å². The van der Waals surface area contributed by atoms with Crippen LogP contribution in [0.4, 0.5) is 5.82 Å². The maximum atomic E-state index is 5.64. The number of ether oxygens (including phenoxy) is 2. The molecule has 0 radical (unpaired) electrons. The second-order valence-electron chi connectivity index (χ2n) is 3.96. The van der Waals surface area contributed by atoms with Gasteiger partial charge in [-0.3, -0.25) is 0 Å². The van der Waals surface area contributed by atoms with Gasteiger partial charge in [0, 0.05) is 11.8 Å². The number of aromatic nitrogens is 1. The van der Waals surface area contributed by atoms with Crippen molar-refractivity contribution in [3.05, 3.63) is 47.7 Å². The largest absolute Gasteiger partial charge is 0.497 e. The minimum atomic E-state index is 0.500. The lowest BCUT2D eigenvalue weighted by Gasteiger charge is -2.07. The van der Waals surface area contributed by atoms with Gasteiger partial charge >= 0.3 is 0 Å². The molecule has 2 aromatic rings. The topological polar surface area (TPSA) is 57.4 Å². The Morgan fingerprint density at radius 3 is 2.58 bits per heavy atom. The second-order valence-corrected chi connectivity index (χ2v) is 3.96. The van der Waals surface area contributed by atoms with Crippen LogP contribution in [0.25, 0.3) is 12.2 Å². The fourth-order valence-corrected chi connectivity index (χ4v) is 1.72. The Hall–Kier alpha value is -2.49. The van der Waals surface area contributed by atoms with Gasteiger partial charge in [0.25, 0.3) is 0 Å². The summed E-state index contributed by atoms with van der Waals surface area (Å²) in [5.41, 5.74) is 7.57.